The number of hydrogen-bond acceptors (Lipinski definition) is 5. The van der Waals surface area contributed by atoms with E-state index in [2.05, 4.69) is 29.7 Å². The van der Waals surface area contributed by atoms with Crippen molar-refractivity contribution in [1.82, 2.24) is 10.7 Å². The molecule has 2 N–H and O–H groups in total. The molecule has 200 valence electrons. The molecule has 2 atom stereocenters. The minimum Gasteiger partial charge on any atom is -0.493 e. The lowest BCUT2D eigenvalue weighted by Crippen LogP contribution is -2.50. The van der Waals surface area contributed by atoms with E-state index in [1.54, 1.807) is 19.1 Å². The molecule has 9 heteroatoms. The second-order valence-electron chi connectivity index (χ2n) is 9.10. The van der Waals surface area contributed by atoms with Gasteiger partial charge in [-0.25, -0.2) is 5.43 Å². The average molecular weight is 556 g/mol. The van der Waals surface area contributed by atoms with Gasteiger partial charge in [0.25, 0.3) is 11.8 Å². The topological polar surface area (TPSA) is 89.0 Å². The van der Waals surface area contributed by atoms with Gasteiger partial charge in [0.2, 0.25) is 0 Å². The number of nitrogens with one attached hydrogen (secondary N) is 2. The molecule has 0 saturated carbocycles. The number of amides is 2. The van der Waals surface area contributed by atoms with Crippen LogP contribution in [0.4, 0.5) is 0 Å². The van der Waals surface area contributed by atoms with Crippen molar-refractivity contribution in [2.75, 3.05) is 6.61 Å². The van der Waals surface area contributed by atoms with E-state index in [1.165, 1.54) is 12.3 Å². The Labute approximate surface area is 233 Å². The number of carbonyl (C=O) groups is 2. The highest BCUT2D eigenvalue weighted by Gasteiger charge is 2.25. The zero-order chi connectivity index (χ0) is 27.5. The second kappa shape index (κ2) is 14.4. The molecule has 3 aromatic rings. The molecule has 0 fully saturated rings. The van der Waals surface area contributed by atoms with Gasteiger partial charge in [-0.05, 0) is 54.3 Å². The van der Waals surface area contributed by atoms with Gasteiger partial charge in [-0.15, -0.1) is 0 Å². The molecule has 0 unspecified atom stereocenters. The Kier molecular flexibility index (Phi) is 11.0. The summed E-state index contributed by atoms with van der Waals surface area (Å²) in [5.74, 6) is 0.484. The summed E-state index contributed by atoms with van der Waals surface area (Å²) in [6, 6.07) is 20.6. The van der Waals surface area contributed by atoms with Crippen molar-refractivity contribution in [1.29, 1.82) is 0 Å². The molecule has 0 spiro atoms. The number of nitrogens with zero attached hydrogens (tertiary/aromatic N) is 1. The van der Waals surface area contributed by atoms with Crippen LogP contribution in [0.1, 0.15) is 31.9 Å². The average Bonchev–Trinajstić information content (AvgIpc) is 2.89. The zero-order valence-electron chi connectivity index (χ0n) is 21.5. The van der Waals surface area contributed by atoms with Gasteiger partial charge in [0.15, 0.2) is 6.10 Å². The summed E-state index contributed by atoms with van der Waals surface area (Å²) in [6.45, 7) is 6.32. The molecule has 0 radical (unpaired) electrons. The third-order valence-electron chi connectivity index (χ3n) is 5.31. The van der Waals surface area contributed by atoms with Gasteiger partial charge < -0.3 is 14.8 Å². The first-order valence-corrected chi connectivity index (χ1v) is 13.0. The van der Waals surface area contributed by atoms with Crippen LogP contribution in [0.3, 0.4) is 0 Å². The molecule has 38 heavy (non-hydrogen) atoms. The lowest BCUT2D eigenvalue weighted by Gasteiger charge is -2.21. The summed E-state index contributed by atoms with van der Waals surface area (Å²) in [4.78, 5) is 26.0. The number of benzene rings is 3. The van der Waals surface area contributed by atoms with E-state index < -0.39 is 24.0 Å². The van der Waals surface area contributed by atoms with Gasteiger partial charge in [-0.3, -0.25) is 9.59 Å². The van der Waals surface area contributed by atoms with Crippen LogP contribution in [-0.2, 0) is 16.0 Å². The fraction of sp³-hybridized carbons (Fsp3) is 0.276. The fourth-order valence-corrected chi connectivity index (χ4v) is 3.81. The van der Waals surface area contributed by atoms with E-state index in [4.69, 9.17) is 32.7 Å². The van der Waals surface area contributed by atoms with Crippen LogP contribution in [0.15, 0.2) is 77.9 Å². The Hall–Kier alpha value is -3.55. The van der Waals surface area contributed by atoms with E-state index in [1.807, 2.05) is 54.6 Å². The number of hydrazone groups is 1. The predicted octanol–water partition coefficient (Wildman–Crippen LogP) is 5.67. The maximum absolute atomic E-state index is 13.0. The molecular formula is C29H31Cl2N3O4. The Morgan fingerprint density at radius 2 is 1.71 bits per heavy atom. The molecule has 0 aromatic heterocycles. The number of rotatable bonds is 12. The number of halogens is 2. The summed E-state index contributed by atoms with van der Waals surface area (Å²) in [6.07, 6.45) is 0.869. The lowest BCUT2D eigenvalue weighted by atomic mass is 10.1. The van der Waals surface area contributed by atoms with Crippen molar-refractivity contribution in [3.63, 3.8) is 0 Å². The summed E-state index contributed by atoms with van der Waals surface area (Å²) in [5, 5.41) is 7.58. The lowest BCUT2D eigenvalue weighted by molar-refractivity contribution is -0.132. The van der Waals surface area contributed by atoms with Crippen LogP contribution in [0.25, 0.3) is 0 Å². The van der Waals surface area contributed by atoms with Crippen LogP contribution in [0.2, 0.25) is 10.0 Å². The van der Waals surface area contributed by atoms with Crippen LogP contribution in [0, 0.1) is 5.92 Å². The van der Waals surface area contributed by atoms with Gasteiger partial charge in [0.1, 0.15) is 17.5 Å². The van der Waals surface area contributed by atoms with Gasteiger partial charge in [-0.1, -0.05) is 79.5 Å². The molecule has 2 amide bonds. The van der Waals surface area contributed by atoms with E-state index in [0.29, 0.717) is 23.3 Å². The Balaban J connectivity index is 1.66. The summed E-state index contributed by atoms with van der Waals surface area (Å²) in [7, 11) is 0. The van der Waals surface area contributed by atoms with E-state index in [9.17, 15) is 9.59 Å². The third kappa shape index (κ3) is 9.39. The molecule has 0 aliphatic carbocycles. The molecular weight excluding hydrogens is 525 g/mol. The maximum atomic E-state index is 13.0. The summed E-state index contributed by atoms with van der Waals surface area (Å²) in [5.41, 5.74) is 4.17. The molecule has 3 aromatic carbocycles. The molecule has 7 nitrogen and oxygen atoms in total. The highest BCUT2D eigenvalue weighted by Crippen LogP contribution is 2.28. The first kappa shape index (κ1) is 29.0. The highest BCUT2D eigenvalue weighted by molar-refractivity contribution is 6.35. The second-order valence-corrected chi connectivity index (χ2v) is 9.94. The SMILES string of the molecule is CC(C)COc1cccc(/C=N\NC(=O)[C@@H](Cc2ccccc2)NC(=O)[C@H](C)Oc2ccc(Cl)cc2Cl)c1. The van der Waals surface area contributed by atoms with Crippen molar-refractivity contribution in [3.8, 4) is 11.5 Å². The maximum Gasteiger partial charge on any atom is 0.262 e. The molecule has 0 aliphatic heterocycles. The largest absolute Gasteiger partial charge is 0.493 e. The monoisotopic (exact) mass is 555 g/mol. The molecule has 0 heterocycles. The Morgan fingerprint density at radius 1 is 0.947 bits per heavy atom. The van der Waals surface area contributed by atoms with Gasteiger partial charge >= 0.3 is 0 Å². The van der Waals surface area contributed by atoms with Crippen LogP contribution in [0.5, 0.6) is 11.5 Å². The number of ether oxygens (including phenoxy) is 2. The molecule has 3 rings (SSSR count). The standard InChI is InChI=1S/C29H31Cl2N3O4/c1-19(2)18-37-24-11-7-10-22(14-24)17-32-34-29(36)26(15-21-8-5-4-6-9-21)33-28(35)20(3)38-27-13-12-23(30)16-25(27)31/h4-14,16-17,19-20,26H,15,18H2,1-3H3,(H,33,35)(H,34,36)/b32-17-/t20-,26+/m0/s1. The molecule has 0 saturated heterocycles. The van der Waals surface area contributed by atoms with Gasteiger partial charge in [0.05, 0.1) is 17.8 Å². The van der Waals surface area contributed by atoms with E-state index in [0.717, 1.165) is 16.9 Å². The van der Waals surface area contributed by atoms with Gasteiger partial charge in [0, 0.05) is 11.4 Å². The van der Waals surface area contributed by atoms with Crippen molar-refractivity contribution in [2.45, 2.75) is 39.3 Å². The van der Waals surface area contributed by atoms with Crippen LogP contribution < -0.4 is 20.2 Å². The highest BCUT2D eigenvalue weighted by atomic mass is 35.5. The normalized spacial score (nSPS) is 12.7. The minimum absolute atomic E-state index is 0.265. The third-order valence-corrected chi connectivity index (χ3v) is 5.84. The molecule has 0 aliphatic rings. The number of carbonyl (C=O) groups excluding carboxylic acids is 2. The van der Waals surface area contributed by atoms with Crippen molar-refractivity contribution < 1.29 is 19.1 Å². The quantitative estimate of drug-likeness (QED) is 0.222. The summed E-state index contributed by atoms with van der Waals surface area (Å²) >= 11 is 12.1. The smallest absolute Gasteiger partial charge is 0.262 e. The zero-order valence-corrected chi connectivity index (χ0v) is 23.0. The van der Waals surface area contributed by atoms with Crippen molar-refractivity contribution >= 4 is 41.2 Å². The van der Waals surface area contributed by atoms with Crippen molar-refractivity contribution in [3.05, 3.63) is 94.0 Å². The van der Waals surface area contributed by atoms with Crippen LogP contribution >= 0.6 is 23.2 Å². The predicted molar refractivity (Wildman–Crippen MR) is 151 cm³/mol. The van der Waals surface area contributed by atoms with E-state index in [-0.39, 0.29) is 11.4 Å². The Bertz CT molecular complexity index is 1250. The fourth-order valence-electron chi connectivity index (χ4n) is 3.36. The van der Waals surface area contributed by atoms with E-state index >= 15 is 0 Å². The van der Waals surface area contributed by atoms with Crippen LogP contribution in [-0.4, -0.2) is 36.8 Å². The van der Waals surface area contributed by atoms with Gasteiger partial charge in [-0.2, -0.15) is 5.10 Å². The summed E-state index contributed by atoms with van der Waals surface area (Å²) < 4.78 is 11.4. The Morgan fingerprint density at radius 3 is 2.42 bits per heavy atom. The number of hydrogen-bond donors (Lipinski definition) is 2. The van der Waals surface area contributed by atoms with Crippen molar-refractivity contribution in [2.24, 2.45) is 11.0 Å². The molecule has 0 bridgehead atoms. The first-order valence-electron chi connectivity index (χ1n) is 12.2. The first-order chi connectivity index (χ1) is 18.2. The minimum atomic E-state index is -0.920.